The van der Waals surface area contributed by atoms with Crippen LogP contribution in [0.1, 0.15) is 21.5 Å². The van der Waals surface area contributed by atoms with Gasteiger partial charge in [-0.2, -0.15) is 0 Å². The minimum Gasteiger partial charge on any atom is -0.395 e. The van der Waals surface area contributed by atoms with Crippen molar-refractivity contribution in [3.63, 3.8) is 0 Å². The molecule has 2 rings (SSSR count). The fourth-order valence-electron chi connectivity index (χ4n) is 2.21. The van der Waals surface area contributed by atoms with Crippen LogP contribution in [0.25, 0.3) is 0 Å². The second-order valence-corrected chi connectivity index (χ2v) is 5.65. The lowest BCUT2D eigenvalue weighted by Gasteiger charge is -2.24. The fourth-order valence-corrected chi connectivity index (χ4v) is 2.46. The highest BCUT2D eigenvalue weighted by molar-refractivity contribution is 7.80. The molecule has 0 radical (unpaired) electrons. The minimum atomic E-state index is -0.241. The van der Waals surface area contributed by atoms with Crippen molar-refractivity contribution in [3.8, 4) is 0 Å². The largest absolute Gasteiger partial charge is 0.395 e. The van der Waals surface area contributed by atoms with E-state index in [0.717, 1.165) is 11.1 Å². The second-order valence-electron chi connectivity index (χ2n) is 5.26. The van der Waals surface area contributed by atoms with Gasteiger partial charge < -0.3 is 10.0 Å². The summed E-state index contributed by atoms with van der Waals surface area (Å²) < 4.78 is 0. The Morgan fingerprint density at radius 2 is 1.91 bits per heavy atom. The van der Waals surface area contributed by atoms with E-state index in [4.69, 9.17) is 12.2 Å². The van der Waals surface area contributed by atoms with E-state index in [2.05, 4.69) is 5.32 Å². The maximum atomic E-state index is 12.3. The van der Waals surface area contributed by atoms with Crippen LogP contribution in [0, 0.1) is 6.92 Å². The molecule has 5 heteroatoms. The third-order valence-electron chi connectivity index (χ3n) is 3.37. The monoisotopic (exact) mass is 328 g/mol. The standard InChI is InChI=1S/C18H20N2O2S/c1-14-6-5-9-16(12-14)17(22)19-18(23)20(10-11-21)13-15-7-3-2-4-8-15/h2-9,12,21H,10-11,13H2,1H3,(H,19,22,23). The molecular weight excluding hydrogens is 308 g/mol. The van der Waals surface area contributed by atoms with Crippen LogP contribution in [0.4, 0.5) is 0 Å². The number of nitrogens with zero attached hydrogens (tertiary/aromatic N) is 1. The normalized spacial score (nSPS) is 10.2. The van der Waals surface area contributed by atoms with E-state index in [1.54, 1.807) is 11.0 Å². The number of aliphatic hydroxyl groups is 1. The van der Waals surface area contributed by atoms with Crippen molar-refractivity contribution in [2.24, 2.45) is 0 Å². The molecule has 0 aliphatic carbocycles. The van der Waals surface area contributed by atoms with Crippen LogP contribution in [0.3, 0.4) is 0 Å². The zero-order valence-electron chi connectivity index (χ0n) is 13.0. The first-order valence-corrected chi connectivity index (χ1v) is 7.82. The zero-order valence-corrected chi connectivity index (χ0v) is 13.8. The van der Waals surface area contributed by atoms with E-state index >= 15 is 0 Å². The van der Waals surface area contributed by atoms with Gasteiger partial charge in [0.2, 0.25) is 0 Å². The molecule has 2 aromatic carbocycles. The molecule has 0 aliphatic heterocycles. The fraction of sp³-hybridized carbons (Fsp3) is 0.222. The average molecular weight is 328 g/mol. The van der Waals surface area contributed by atoms with Gasteiger partial charge in [0.15, 0.2) is 5.11 Å². The van der Waals surface area contributed by atoms with E-state index in [0.29, 0.717) is 23.8 Å². The van der Waals surface area contributed by atoms with Crippen molar-refractivity contribution in [2.75, 3.05) is 13.2 Å². The lowest BCUT2D eigenvalue weighted by Crippen LogP contribution is -2.43. The maximum absolute atomic E-state index is 12.3. The third-order valence-corrected chi connectivity index (χ3v) is 3.73. The molecule has 2 N–H and O–H groups in total. The van der Waals surface area contributed by atoms with Gasteiger partial charge in [-0.05, 0) is 36.8 Å². The number of benzene rings is 2. The van der Waals surface area contributed by atoms with Gasteiger partial charge in [0, 0.05) is 18.7 Å². The minimum absolute atomic E-state index is 0.0344. The van der Waals surface area contributed by atoms with Crippen LogP contribution in [-0.2, 0) is 6.54 Å². The van der Waals surface area contributed by atoms with Crippen molar-refractivity contribution in [3.05, 3.63) is 71.3 Å². The molecule has 0 saturated carbocycles. The van der Waals surface area contributed by atoms with Gasteiger partial charge in [-0.15, -0.1) is 0 Å². The van der Waals surface area contributed by atoms with E-state index in [1.807, 2.05) is 55.5 Å². The molecule has 0 aliphatic rings. The number of amides is 1. The first kappa shape index (κ1) is 17.1. The van der Waals surface area contributed by atoms with Gasteiger partial charge in [-0.25, -0.2) is 0 Å². The number of carbonyl (C=O) groups excluding carboxylic acids is 1. The second kappa shape index (κ2) is 8.41. The molecule has 1 amide bonds. The van der Waals surface area contributed by atoms with Crippen molar-refractivity contribution < 1.29 is 9.90 Å². The van der Waals surface area contributed by atoms with Crippen molar-refractivity contribution in [2.45, 2.75) is 13.5 Å². The number of hydrogen-bond donors (Lipinski definition) is 2. The maximum Gasteiger partial charge on any atom is 0.257 e. The predicted octanol–water partition coefficient (Wildman–Crippen LogP) is 2.50. The molecule has 23 heavy (non-hydrogen) atoms. The lowest BCUT2D eigenvalue weighted by molar-refractivity contribution is 0.0971. The highest BCUT2D eigenvalue weighted by Gasteiger charge is 2.14. The van der Waals surface area contributed by atoms with Gasteiger partial charge in [-0.3, -0.25) is 10.1 Å². The Bertz CT molecular complexity index is 674. The van der Waals surface area contributed by atoms with Gasteiger partial charge >= 0.3 is 0 Å². The Labute approximate surface area is 141 Å². The number of hydrogen-bond acceptors (Lipinski definition) is 3. The zero-order chi connectivity index (χ0) is 16.7. The van der Waals surface area contributed by atoms with Crippen LogP contribution in [0.2, 0.25) is 0 Å². The molecule has 0 aromatic heterocycles. The van der Waals surface area contributed by atoms with Crippen molar-refractivity contribution in [1.82, 2.24) is 10.2 Å². The highest BCUT2D eigenvalue weighted by Crippen LogP contribution is 2.07. The summed E-state index contributed by atoms with van der Waals surface area (Å²) in [6.07, 6.45) is 0. The molecule has 0 bridgehead atoms. The Kier molecular flexibility index (Phi) is 6.26. The topological polar surface area (TPSA) is 52.6 Å². The van der Waals surface area contributed by atoms with Crippen molar-refractivity contribution >= 4 is 23.2 Å². The molecule has 0 saturated heterocycles. The highest BCUT2D eigenvalue weighted by atomic mass is 32.1. The lowest BCUT2D eigenvalue weighted by atomic mass is 10.1. The molecular formula is C18H20N2O2S. The third kappa shape index (κ3) is 5.16. The summed E-state index contributed by atoms with van der Waals surface area (Å²) in [6.45, 7) is 2.80. The summed E-state index contributed by atoms with van der Waals surface area (Å²) in [7, 11) is 0. The van der Waals surface area contributed by atoms with Gasteiger partial charge in [-0.1, -0.05) is 48.0 Å². The molecule has 0 fully saturated rings. The molecule has 120 valence electrons. The van der Waals surface area contributed by atoms with Crippen LogP contribution >= 0.6 is 12.2 Å². The first-order chi connectivity index (χ1) is 11.1. The van der Waals surface area contributed by atoms with Crippen LogP contribution in [0.15, 0.2) is 54.6 Å². The molecule has 0 spiro atoms. The number of carbonyl (C=O) groups is 1. The summed E-state index contributed by atoms with van der Waals surface area (Å²) in [5, 5.41) is 12.3. The Morgan fingerprint density at radius 3 is 2.57 bits per heavy atom. The summed E-state index contributed by atoms with van der Waals surface area (Å²) in [5.74, 6) is -0.241. The molecule has 4 nitrogen and oxygen atoms in total. The summed E-state index contributed by atoms with van der Waals surface area (Å²) in [5.41, 5.74) is 2.64. The SMILES string of the molecule is Cc1cccc(C(=O)NC(=S)N(CCO)Cc2ccccc2)c1. The Balaban J connectivity index is 2.04. The summed E-state index contributed by atoms with van der Waals surface area (Å²) in [4.78, 5) is 14.1. The van der Waals surface area contributed by atoms with E-state index in [-0.39, 0.29) is 12.5 Å². The van der Waals surface area contributed by atoms with Crippen molar-refractivity contribution in [1.29, 1.82) is 0 Å². The van der Waals surface area contributed by atoms with Crippen LogP contribution < -0.4 is 5.32 Å². The average Bonchev–Trinajstić information content (AvgIpc) is 2.55. The van der Waals surface area contributed by atoms with Gasteiger partial charge in [0.25, 0.3) is 5.91 Å². The van der Waals surface area contributed by atoms with E-state index < -0.39 is 0 Å². The number of thiocarbonyl (C=S) groups is 1. The summed E-state index contributed by atoms with van der Waals surface area (Å²) in [6, 6.07) is 17.1. The predicted molar refractivity (Wildman–Crippen MR) is 95.2 cm³/mol. The quantitative estimate of drug-likeness (QED) is 0.828. The smallest absolute Gasteiger partial charge is 0.257 e. The molecule has 0 unspecified atom stereocenters. The summed E-state index contributed by atoms with van der Waals surface area (Å²) >= 11 is 5.33. The van der Waals surface area contributed by atoms with Gasteiger partial charge in [0.1, 0.15) is 0 Å². The van der Waals surface area contributed by atoms with E-state index in [9.17, 15) is 9.90 Å². The number of nitrogens with one attached hydrogen (secondary N) is 1. The first-order valence-electron chi connectivity index (χ1n) is 7.42. The molecule has 2 aromatic rings. The van der Waals surface area contributed by atoms with Gasteiger partial charge in [0.05, 0.1) is 6.61 Å². The Morgan fingerprint density at radius 1 is 1.17 bits per heavy atom. The van der Waals surface area contributed by atoms with Crippen LogP contribution in [0.5, 0.6) is 0 Å². The number of rotatable bonds is 5. The number of aryl methyl sites for hydroxylation is 1. The molecule has 0 atom stereocenters. The van der Waals surface area contributed by atoms with E-state index in [1.165, 1.54) is 0 Å². The van der Waals surface area contributed by atoms with Crippen LogP contribution in [-0.4, -0.2) is 34.2 Å². The Hall–Kier alpha value is -2.24. The number of aliphatic hydroxyl groups excluding tert-OH is 1. The molecule has 0 heterocycles.